The van der Waals surface area contributed by atoms with Crippen LogP contribution < -0.4 is 9.58 Å². The van der Waals surface area contributed by atoms with Crippen LogP contribution in [0.4, 0.5) is 0 Å². The Labute approximate surface area is 151 Å². The third-order valence-corrected chi connectivity index (χ3v) is 4.53. The van der Waals surface area contributed by atoms with Gasteiger partial charge in [0.15, 0.2) is 0 Å². The van der Waals surface area contributed by atoms with Crippen LogP contribution >= 0.6 is 22.6 Å². The van der Waals surface area contributed by atoms with Gasteiger partial charge in [-0.3, -0.25) is 0 Å². The number of hydrogen-bond acceptors (Lipinski definition) is 4. The minimum absolute atomic E-state index is 0.456. The summed E-state index contributed by atoms with van der Waals surface area (Å²) in [5, 5.41) is 20.4. The van der Waals surface area contributed by atoms with Crippen molar-refractivity contribution in [3.63, 3.8) is 0 Å². The molecule has 7 heteroatoms. The summed E-state index contributed by atoms with van der Waals surface area (Å²) in [5.41, 5.74) is 2.90. The molecular formula is C17H13IN4O2. The average molecular weight is 432 g/mol. The van der Waals surface area contributed by atoms with Gasteiger partial charge in [0.2, 0.25) is 5.65 Å². The van der Waals surface area contributed by atoms with Crippen molar-refractivity contribution in [2.24, 2.45) is 0 Å². The molecule has 0 spiro atoms. The van der Waals surface area contributed by atoms with E-state index in [1.54, 1.807) is 22.8 Å². The highest BCUT2D eigenvalue weighted by Gasteiger charge is 2.15. The van der Waals surface area contributed by atoms with Crippen molar-refractivity contribution in [2.75, 3.05) is 6.61 Å². The highest BCUT2D eigenvalue weighted by Crippen LogP contribution is 2.20. The highest BCUT2D eigenvalue weighted by molar-refractivity contribution is 14.1. The first-order valence-electron chi connectivity index (χ1n) is 7.46. The van der Waals surface area contributed by atoms with Gasteiger partial charge in [0.25, 0.3) is 5.52 Å². The molecule has 0 amide bonds. The second kappa shape index (κ2) is 6.23. The molecule has 2 heterocycles. The van der Waals surface area contributed by atoms with Crippen molar-refractivity contribution >= 4 is 39.3 Å². The van der Waals surface area contributed by atoms with E-state index in [4.69, 9.17) is 4.74 Å². The van der Waals surface area contributed by atoms with Crippen LogP contribution in [0.5, 0.6) is 5.75 Å². The monoisotopic (exact) mass is 432 g/mol. The fraction of sp³-hybridized carbons (Fsp3) is 0.118. The van der Waals surface area contributed by atoms with Crippen LogP contribution in [0.15, 0.2) is 54.7 Å². The molecule has 120 valence electrons. The van der Waals surface area contributed by atoms with E-state index in [9.17, 15) is 5.21 Å². The molecule has 0 aliphatic rings. The van der Waals surface area contributed by atoms with Crippen LogP contribution in [0.2, 0.25) is 0 Å². The van der Waals surface area contributed by atoms with Gasteiger partial charge in [-0.1, -0.05) is 30.3 Å². The number of rotatable bonds is 4. The van der Waals surface area contributed by atoms with Gasteiger partial charge in [-0.15, -0.1) is 0 Å². The van der Waals surface area contributed by atoms with Gasteiger partial charge < -0.3 is 9.94 Å². The average Bonchev–Trinajstić information content (AvgIpc) is 2.97. The molecule has 6 nitrogen and oxygen atoms in total. The summed E-state index contributed by atoms with van der Waals surface area (Å²) in [5.74, 6) is 0.705. The molecule has 0 fully saturated rings. The van der Waals surface area contributed by atoms with Crippen molar-refractivity contribution in [1.82, 2.24) is 14.7 Å². The van der Waals surface area contributed by atoms with Gasteiger partial charge >= 0.3 is 0 Å². The first kappa shape index (κ1) is 15.1. The van der Waals surface area contributed by atoms with E-state index in [1.165, 1.54) is 5.56 Å². The van der Waals surface area contributed by atoms with Gasteiger partial charge in [-0.2, -0.15) is 5.10 Å². The Kier molecular flexibility index (Phi) is 3.93. The van der Waals surface area contributed by atoms with Gasteiger partial charge in [0.1, 0.15) is 11.3 Å². The number of nitrogens with zero attached hydrogens (tertiary/aromatic N) is 4. The normalized spacial score (nSPS) is 11.2. The molecule has 2 aromatic carbocycles. The lowest BCUT2D eigenvalue weighted by molar-refractivity contribution is -0.640. The van der Waals surface area contributed by atoms with E-state index < -0.39 is 0 Å². The third-order valence-electron chi connectivity index (χ3n) is 3.77. The molecular weight excluding hydrogens is 419 g/mol. The minimum atomic E-state index is 0.456. The molecule has 0 saturated heterocycles. The van der Waals surface area contributed by atoms with E-state index in [-0.39, 0.29) is 0 Å². The Hall–Kier alpha value is -2.42. The van der Waals surface area contributed by atoms with Crippen molar-refractivity contribution in [3.8, 4) is 5.75 Å². The summed E-state index contributed by atoms with van der Waals surface area (Å²) in [6.07, 6.45) is 2.51. The summed E-state index contributed by atoms with van der Waals surface area (Å²) in [6, 6.07) is 15.5. The first-order chi connectivity index (χ1) is 11.7. The molecule has 24 heavy (non-hydrogen) atoms. The summed E-state index contributed by atoms with van der Waals surface area (Å²) in [7, 11) is 0. The Bertz CT molecular complexity index is 1020. The summed E-state index contributed by atoms with van der Waals surface area (Å²) < 4.78 is 8.33. The summed E-state index contributed by atoms with van der Waals surface area (Å²) in [4.78, 5) is 0.627. The van der Waals surface area contributed by atoms with Gasteiger partial charge in [-0.25, -0.2) is 4.52 Å². The van der Waals surface area contributed by atoms with Crippen LogP contribution in [-0.2, 0) is 6.42 Å². The van der Waals surface area contributed by atoms with Gasteiger partial charge in [-0.05, 0) is 39.1 Å². The zero-order valence-corrected chi connectivity index (χ0v) is 14.8. The lowest BCUT2D eigenvalue weighted by atomic mass is 10.2. The Morgan fingerprint density at radius 1 is 1.17 bits per heavy atom. The number of halogens is 1. The molecule has 4 rings (SSSR count). The topological polar surface area (TPSA) is 66.4 Å². The largest absolute Gasteiger partial charge is 0.594 e. The molecule has 0 N–H and O–H groups in total. The van der Waals surface area contributed by atoms with Crippen molar-refractivity contribution < 1.29 is 9.58 Å². The SMILES string of the molecule is [O-][n+]1nc2c(I)cnn2c2cc(OCCc3ccccc3)ccc21. The predicted molar refractivity (Wildman–Crippen MR) is 97.8 cm³/mol. The molecule has 0 atom stereocenters. The van der Waals surface area contributed by atoms with Crippen molar-refractivity contribution in [3.05, 3.63) is 69.1 Å². The number of fused-ring (bicyclic) bond motifs is 3. The molecule has 2 aromatic heterocycles. The molecule has 0 aliphatic carbocycles. The van der Waals surface area contributed by atoms with Crippen molar-refractivity contribution in [2.45, 2.75) is 6.42 Å². The molecule has 0 unspecified atom stereocenters. The maximum Gasteiger partial charge on any atom is 0.270 e. The predicted octanol–water partition coefficient (Wildman–Crippen LogP) is 2.74. The Balaban J connectivity index is 1.64. The molecule has 0 bridgehead atoms. The maximum absolute atomic E-state index is 12.1. The number of benzene rings is 2. The van der Waals surface area contributed by atoms with E-state index in [1.807, 2.05) is 24.3 Å². The number of aromatic nitrogens is 4. The van der Waals surface area contributed by atoms with Gasteiger partial charge in [0.05, 0.1) is 16.4 Å². The molecule has 0 radical (unpaired) electrons. The van der Waals surface area contributed by atoms with Gasteiger partial charge in [0, 0.05) is 23.7 Å². The standard InChI is InChI=1S/C17H13IN4O2/c18-14-11-19-21-16-10-13(6-7-15(16)22(23)20-17(14)21)24-9-8-12-4-2-1-3-5-12/h1-7,10-11H,8-9H2. The van der Waals surface area contributed by atoms with E-state index in [2.05, 4.69) is 44.9 Å². The van der Waals surface area contributed by atoms with Crippen LogP contribution in [0.1, 0.15) is 5.56 Å². The second-order valence-electron chi connectivity index (χ2n) is 5.34. The molecule has 4 aromatic rings. The molecule has 0 saturated carbocycles. The highest BCUT2D eigenvalue weighted by atomic mass is 127. The summed E-state index contributed by atoms with van der Waals surface area (Å²) >= 11 is 2.11. The van der Waals surface area contributed by atoms with Crippen LogP contribution in [0.25, 0.3) is 16.7 Å². The fourth-order valence-corrected chi connectivity index (χ4v) is 3.05. The van der Waals surface area contributed by atoms with Crippen molar-refractivity contribution in [1.29, 1.82) is 0 Å². The lowest BCUT2D eigenvalue weighted by Crippen LogP contribution is -2.33. The Morgan fingerprint density at radius 3 is 2.83 bits per heavy atom. The van der Waals surface area contributed by atoms with Crippen LogP contribution in [-0.4, -0.2) is 21.3 Å². The minimum Gasteiger partial charge on any atom is -0.594 e. The number of hydrogen-bond donors (Lipinski definition) is 0. The van der Waals surface area contributed by atoms with E-state index in [0.29, 0.717) is 33.9 Å². The molecule has 0 aliphatic heterocycles. The van der Waals surface area contributed by atoms with Crippen LogP contribution in [0, 0.1) is 8.78 Å². The number of ether oxygens (including phenoxy) is 1. The second-order valence-corrected chi connectivity index (χ2v) is 6.50. The van der Waals surface area contributed by atoms with E-state index >= 15 is 0 Å². The zero-order chi connectivity index (χ0) is 16.5. The lowest BCUT2D eigenvalue weighted by Gasteiger charge is -2.08. The first-order valence-corrected chi connectivity index (χ1v) is 8.54. The quantitative estimate of drug-likeness (QED) is 0.283. The summed E-state index contributed by atoms with van der Waals surface area (Å²) in [6.45, 7) is 0.567. The van der Waals surface area contributed by atoms with Crippen LogP contribution in [0.3, 0.4) is 0 Å². The Morgan fingerprint density at radius 2 is 2.00 bits per heavy atom. The third kappa shape index (κ3) is 2.75. The zero-order valence-electron chi connectivity index (χ0n) is 12.6. The maximum atomic E-state index is 12.1. The fourth-order valence-electron chi connectivity index (χ4n) is 2.58. The smallest absolute Gasteiger partial charge is 0.270 e. The van der Waals surface area contributed by atoms with E-state index in [0.717, 1.165) is 9.99 Å².